The highest BCUT2D eigenvalue weighted by molar-refractivity contribution is 6.00. The molecule has 1 rings (SSSR count). The van der Waals surface area contributed by atoms with Gasteiger partial charge >= 0.3 is 0 Å². The van der Waals surface area contributed by atoms with Crippen LogP contribution in [0.3, 0.4) is 0 Å². The number of ketones is 1. The number of rotatable bonds is 7. The van der Waals surface area contributed by atoms with Gasteiger partial charge in [-0.1, -0.05) is 26.7 Å². The van der Waals surface area contributed by atoms with E-state index in [1.165, 1.54) is 6.92 Å². The van der Waals surface area contributed by atoms with Crippen LogP contribution in [0.2, 0.25) is 0 Å². The molecule has 0 heterocycles. The molecule has 0 aliphatic heterocycles. The Morgan fingerprint density at radius 3 is 2.33 bits per heavy atom. The quantitative estimate of drug-likeness (QED) is 0.432. The van der Waals surface area contributed by atoms with E-state index in [9.17, 15) is 25.0 Å². The molecular formula is C14H18N2O5. The number of carbonyl (C=O) groups excluding carboxylic acids is 1. The van der Waals surface area contributed by atoms with Crippen molar-refractivity contribution in [2.24, 2.45) is 5.92 Å². The topological polar surface area (TPSA) is 103 Å². The smallest absolute Gasteiger partial charge is 0.279 e. The Kier molecular flexibility index (Phi) is 5.52. The lowest BCUT2D eigenvalue weighted by molar-refractivity contribution is -0.394. The second kappa shape index (κ2) is 6.92. The Morgan fingerprint density at radius 1 is 1.24 bits per heavy atom. The molecule has 7 nitrogen and oxygen atoms in total. The minimum Gasteiger partial charge on any atom is -0.294 e. The highest BCUT2D eigenvalue weighted by atomic mass is 16.6. The summed E-state index contributed by atoms with van der Waals surface area (Å²) in [6.07, 6.45) is 2.46. The van der Waals surface area contributed by atoms with Gasteiger partial charge in [-0.2, -0.15) is 0 Å². The lowest BCUT2D eigenvalue weighted by Gasteiger charge is -2.12. The molecule has 0 aliphatic rings. The first kappa shape index (κ1) is 16.7. The minimum atomic E-state index is -0.722. The standard InChI is InChI=1S/C14H18N2O5/c1-4-5-6-9(2)14(17)12-7-11(15(18)19)8-13(10(12)3)16(20)21/h7-9H,4-6H2,1-3H3. The average Bonchev–Trinajstić information content (AvgIpc) is 2.43. The molecule has 0 fully saturated rings. The van der Waals surface area contributed by atoms with Gasteiger partial charge in [-0.3, -0.25) is 25.0 Å². The van der Waals surface area contributed by atoms with Crippen LogP contribution in [0.5, 0.6) is 0 Å². The maximum Gasteiger partial charge on any atom is 0.279 e. The molecule has 114 valence electrons. The van der Waals surface area contributed by atoms with Crippen molar-refractivity contribution in [1.29, 1.82) is 0 Å². The third kappa shape index (κ3) is 3.84. The van der Waals surface area contributed by atoms with Gasteiger partial charge in [0.2, 0.25) is 0 Å². The third-order valence-electron chi connectivity index (χ3n) is 3.48. The summed E-state index contributed by atoms with van der Waals surface area (Å²) in [5.41, 5.74) is -0.577. The van der Waals surface area contributed by atoms with Crippen LogP contribution in [0.4, 0.5) is 11.4 Å². The van der Waals surface area contributed by atoms with Crippen LogP contribution >= 0.6 is 0 Å². The molecule has 0 aromatic heterocycles. The summed E-state index contributed by atoms with van der Waals surface area (Å²) in [5, 5.41) is 21.9. The van der Waals surface area contributed by atoms with E-state index in [1.54, 1.807) is 6.92 Å². The number of Topliss-reactive ketones (excluding diaryl/α,β-unsaturated/α-hetero) is 1. The van der Waals surface area contributed by atoms with Crippen LogP contribution in [0, 0.1) is 33.1 Å². The van der Waals surface area contributed by atoms with Gasteiger partial charge in [-0.05, 0) is 13.3 Å². The number of nitrogens with zero attached hydrogens (tertiary/aromatic N) is 2. The van der Waals surface area contributed by atoms with E-state index < -0.39 is 21.2 Å². The zero-order valence-corrected chi connectivity index (χ0v) is 12.3. The Bertz CT molecular complexity index is 583. The van der Waals surface area contributed by atoms with Crippen LogP contribution in [0.1, 0.15) is 49.0 Å². The van der Waals surface area contributed by atoms with Crippen molar-refractivity contribution in [3.8, 4) is 0 Å². The average molecular weight is 294 g/mol. The fraction of sp³-hybridized carbons (Fsp3) is 0.500. The van der Waals surface area contributed by atoms with E-state index in [0.29, 0.717) is 6.42 Å². The minimum absolute atomic E-state index is 0.0690. The molecule has 0 N–H and O–H groups in total. The molecule has 0 spiro atoms. The van der Waals surface area contributed by atoms with Gasteiger partial charge in [-0.25, -0.2) is 0 Å². The first-order valence-corrected chi connectivity index (χ1v) is 6.77. The second-order valence-electron chi connectivity index (χ2n) is 5.06. The predicted octanol–water partition coefficient (Wildman–Crippen LogP) is 3.82. The van der Waals surface area contributed by atoms with Gasteiger partial charge < -0.3 is 0 Å². The number of nitro groups is 2. The number of nitro benzene ring substituents is 2. The van der Waals surface area contributed by atoms with Crippen LogP contribution in [0.15, 0.2) is 12.1 Å². The summed E-state index contributed by atoms with van der Waals surface area (Å²) < 4.78 is 0. The Balaban J connectivity index is 3.30. The molecule has 1 aromatic rings. The monoisotopic (exact) mass is 294 g/mol. The third-order valence-corrected chi connectivity index (χ3v) is 3.48. The van der Waals surface area contributed by atoms with Crippen LogP contribution in [-0.2, 0) is 0 Å². The first-order valence-electron chi connectivity index (χ1n) is 6.77. The SMILES string of the molecule is CCCCC(C)C(=O)c1cc([N+](=O)[O-])cc([N+](=O)[O-])c1C. The molecule has 1 aromatic carbocycles. The van der Waals surface area contributed by atoms with Gasteiger partial charge in [0.25, 0.3) is 11.4 Å². The van der Waals surface area contributed by atoms with Crippen molar-refractivity contribution < 1.29 is 14.6 Å². The molecule has 0 saturated carbocycles. The molecular weight excluding hydrogens is 276 g/mol. The van der Waals surface area contributed by atoms with Crippen molar-refractivity contribution in [1.82, 2.24) is 0 Å². The van der Waals surface area contributed by atoms with E-state index in [2.05, 4.69) is 0 Å². The molecule has 0 bridgehead atoms. The number of hydrogen-bond donors (Lipinski definition) is 0. The van der Waals surface area contributed by atoms with Crippen molar-refractivity contribution in [2.75, 3.05) is 0 Å². The summed E-state index contributed by atoms with van der Waals surface area (Å²) in [7, 11) is 0. The lowest BCUT2D eigenvalue weighted by atomic mass is 9.91. The van der Waals surface area contributed by atoms with Crippen LogP contribution < -0.4 is 0 Å². The van der Waals surface area contributed by atoms with Gasteiger partial charge in [0, 0.05) is 23.1 Å². The number of non-ortho nitro benzene ring substituents is 1. The highest BCUT2D eigenvalue weighted by Gasteiger charge is 2.26. The summed E-state index contributed by atoms with van der Waals surface area (Å²) in [4.78, 5) is 32.8. The Morgan fingerprint density at radius 2 is 1.86 bits per heavy atom. The number of unbranched alkanes of at least 4 members (excludes halogenated alkanes) is 1. The number of carbonyl (C=O) groups is 1. The van der Waals surface area contributed by atoms with E-state index >= 15 is 0 Å². The van der Waals surface area contributed by atoms with Crippen molar-refractivity contribution >= 4 is 17.2 Å². The molecule has 21 heavy (non-hydrogen) atoms. The van der Waals surface area contributed by atoms with Crippen LogP contribution in [0.25, 0.3) is 0 Å². The first-order chi connectivity index (χ1) is 9.79. The number of hydrogen-bond acceptors (Lipinski definition) is 5. The predicted molar refractivity (Wildman–Crippen MR) is 77.5 cm³/mol. The normalized spacial score (nSPS) is 12.0. The van der Waals surface area contributed by atoms with Crippen molar-refractivity contribution in [3.05, 3.63) is 43.5 Å². The molecule has 0 radical (unpaired) electrons. The molecule has 0 saturated heterocycles. The Hall–Kier alpha value is -2.31. The summed E-state index contributed by atoms with van der Waals surface area (Å²) in [6, 6.07) is 2.02. The largest absolute Gasteiger partial charge is 0.294 e. The zero-order valence-electron chi connectivity index (χ0n) is 12.3. The van der Waals surface area contributed by atoms with Gasteiger partial charge in [0.1, 0.15) is 0 Å². The van der Waals surface area contributed by atoms with E-state index in [-0.39, 0.29) is 22.8 Å². The maximum absolute atomic E-state index is 12.4. The molecule has 1 unspecified atom stereocenters. The summed E-state index contributed by atoms with van der Waals surface area (Å²) in [5.74, 6) is -0.599. The molecule has 1 atom stereocenters. The van der Waals surface area contributed by atoms with E-state index in [1.807, 2.05) is 6.92 Å². The van der Waals surface area contributed by atoms with Gasteiger partial charge in [0.15, 0.2) is 5.78 Å². The second-order valence-corrected chi connectivity index (χ2v) is 5.06. The van der Waals surface area contributed by atoms with Gasteiger partial charge in [0.05, 0.1) is 15.9 Å². The zero-order chi connectivity index (χ0) is 16.2. The van der Waals surface area contributed by atoms with Gasteiger partial charge in [-0.15, -0.1) is 0 Å². The fourth-order valence-corrected chi connectivity index (χ4v) is 2.14. The van der Waals surface area contributed by atoms with Crippen molar-refractivity contribution in [2.45, 2.75) is 40.0 Å². The fourth-order valence-electron chi connectivity index (χ4n) is 2.14. The molecule has 0 amide bonds. The molecule has 7 heteroatoms. The number of benzene rings is 1. The van der Waals surface area contributed by atoms with E-state index in [4.69, 9.17) is 0 Å². The Labute approximate surface area is 122 Å². The summed E-state index contributed by atoms with van der Waals surface area (Å²) >= 11 is 0. The highest BCUT2D eigenvalue weighted by Crippen LogP contribution is 2.30. The van der Waals surface area contributed by atoms with Crippen molar-refractivity contribution in [3.63, 3.8) is 0 Å². The van der Waals surface area contributed by atoms with E-state index in [0.717, 1.165) is 25.0 Å². The van der Waals surface area contributed by atoms with Crippen LogP contribution in [-0.4, -0.2) is 15.6 Å². The lowest BCUT2D eigenvalue weighted by Crippen LogP contribution is -2.14. The summed E-state index contributed by atoms with van der Waals surface area (Å²) in [6.45, 7) is 5.18. The maximum atomic E-state index is 12.4. The molecule has 0 aliphatic carbocycles.